The summed E-state index contributed by atoms with van der Waals surface area (Å²) in [6.45, 7) is 2.01. The highest BCUT2D eigenvalue weighted by molar-refractivity contribution is 5.59. The van der Waals surface area contributed by atoms with Gasteiger partial charge in [-0.15, -0.1) is 5.16 Å². The summed E-state index contributed by atoms with van der Waals surface area (Å²) in [7, 11) is 0. The number of benzene rings is 2. The van der Waals surface area contributed by atoms with Crippen LogP contribution in [0.5, 0.6) is 11.5 Å². The summed E-state index contributed by atoms with van der Waals surface area (Å²) < 4.78 is 5.72. The summed E-state index contributed by atoms with van der Waals surface area (Å²) in [5, 5.41) is 11.5. The lowest BCUT2D eigenvalue weighted by Gasteiger charge is -2.08. The summed E-state index contributed by atoms with van der Waals surface area (Å²) in [6, 6.07) is 17.6. The van der Waals surface area contributed by atoms with Gasteiger partial charge < -0.3 is 9.94 Å². The first-order valence-corrected chi connectivity index (χ1v) is 6.27. The SMILES string of the molecule is CC(C=NO)Cc1ccc(Oc2ccccc2)cc1. The van der Waals surface area contributed by atoms with E-state index < -0.39 is 0 Å². The first-order valence-electron chi connectivity index (χ1n) is 6.27. The number of nitrogens with zero attached hydrogens (tertiary/aromatic N) is 1. The van der Waals surface area contributed by atoms with Crippen LogP contribution in [0.1, 0.15) is 12.5 Å². The molecule has 0 spiro atoms. The minimum atomic E-state index is 0.214. The van der Waals surface area contributed by atoms with Gasteiger partial charge in [-0.1, -0.05) is 37.3 Å². The van der Waals surface area contributed by atoms with Crippen LogP contribution >= 0.6 is 0 Å². The predicted molar refractivity (Wildman–Crippen MR) is 76.1 cm³/mol. The Labute approximate surface area is 113 Å². The number of rotatable bonds is 5. The van der Waals surface area contributed by atoms with Crippen LogP contribution in [-0.2, 0) is 6.42 Å². The predicted octanol–water partition coefficient (Wildman–Crippen LogP) is 4.12. The van der Waals surface area contributed by atoms with E-state index in [2.05, 4.69) is 5.16 Å². The molecule has 2 aromatic carbocycles. The Morgan fingerprint density at radius 1 is 1.05 bits per heavy atom. The van der Waals surface area contributed by atoms with Gasteiger partial charge in [-0.2, -0.15) is 0 Å². The largest absolute Gasteiger partial charge is 0.457 e. The number of hydrogen-bond acceptors (Lipinski definition) is 3. The molecule has 0 aliphatic carbocycles. The van der Waals surface area contributed by atoms with Crippen LogP contribution in [0.3, 0.4) is 0 Å². The monoisotopic (exact) mass is 255 g/mol. The molecule has 0 bridgehead atoms. The van der Waals surface area contributed by atoms with Crippen LogP contribution in [0.4, 0.5) is 0 Å². The molecule has 0 aliphatic rings. The molecular weight excluding hydrogens is 238 g/mol. The Morgan fingerprint density at radius 3 is 2.32 bits per heavy atom. The zero-order valence-electron chi connectivity index (χ0n) is 10.9. The van der Waals surface area contributed by atoms with Gasteiger partial charge in [-0.25, -0.2) is 0 Å². The Morgan fingerprint density at radius 2 is 1.68 bits per heavy atom. The lowest BCUT2D eigenvalue weighted by molar-refractivity contribution is 0.318. The van der Waals surface area contributed by atoms with Crippen LogP contribution in [0.2, 0.25) is 0 Å². The second-order valence-corrected chi connectivity index (χ2v) is 4.51. The highest BCUT2D eigenvalue weighted by atomic mass is 16.5. The van der Waals surface area contributed by atoms with Crippen LogP contribution in [-0.4, -0.2) is 11.4 Å². The molecule has 0 saturated carbocycles. The number of ether oxygens (including phenoxy) is 1. The van der Waals surface area contributed by atoms with Crippen LogP contribution in [0.25, 0.3) is 0 Å². The lowest BCUT2D eigenvalue weighted by Crippen LogP contribution is -2.00. The Balaban J connectivity index is 1.98. The van der Waals surface area contributed by atoms with Crippen molar-refractivity contribution in [2.24, 2.45) is 11.1 Å². The molecule has 98 valence electrons. The fraction of sp³-hybridized carbons (Fsp3) is 0.188. The van der Waals surface area contributed by atoms with Crippen LogP contribution < -0.4 is 4.74 Å². The van der Waals surface area contributed by atoms with Crippen molar-refractivity contribution in [1.82, 2.24) is 0 Å². The van der Waals surface area contributed by atoms with Crippen molar-refractivity contribution < 1.29 is 9.94 Å². The van der Waals surface area contributed by atoms with Gasteiger partial charge in [0.15, 0.2) is 0 Å². The zero-order valence-corrected chi connectivity index (χ0v) is 10.9. The van der Waals surface area contributed by atoms with Gasteiger partial charge in [0, 0.05) is 6.21 Å². The molecular formula is C16H17NO2. The van der Waals surface area contributed by atoms with E-state index in [1.807, 2.05) is 61.5 Å². The summed E-state index contributed by atoms with van der Waals surface area (Å²) in [5.41, 5.74) is 1.19. The highest BCUT2D eigenvalue weighted by Gasteiger charge is 2.02. The van der Waals surface area contributed by atoms with Crippen LogP contribution in [0, 0.1) is 5.92 Å². The molecule has 2 aromatic rings. The van der Waals surface area contributed by atoms with Crippen molar-refractivity contribution in [2.75, 3.05) is 0 Å². The van der Waals surface area contributed by atoms with Crippen molar-refractivity contribution in [2.45, 2.75) is 13.3 Å². The van der Waals surface area contributed by atoms with E-state index in [-0.39, 0.29) is 5.92 Å². The van der Waals surface area contributed by atoms with Gasteiger partial charge >= 0.3 is 0 Å². The first kappa shape index (κ1) is 13.1. The second-order valence-electron chi connectivity index (χ2n) is 4.51. The van der Waals surface area contributed by atoms with E-state index in [0.717, 1.165) is 17.9 Å². The fourth-order valence-corrected chi connectivity index (χ4v) is 1.86. The number of oxime groups is 1. The van der Waals surface area contributed by atoms with Gasteiger partial charge in [0.1, 0.15) is 11.5 Å². The van der Waals surface area contributed by atoms with E-state index in [9.17, 15) is 0 Å². The molecule has 0 aliphatic heterocycles. The summed E-state index contributed by atoms with van der Waals surface area (Å²) in [6.07, 6.45) is 2.38. The highest BCUT2D eigenvalue weighted by Crippen LogP contribution is 2.21. The number of para-hydroxylation sites is 1. The topological polar surface area (TPSA) is 41.8 Å². The summed E-state index contributed by atoms with van der Waals surface area (Å²) in [5.74, 6) is 1.86. The molecule has 0 heterocycles. The maximum atomic E-state index is 8.47. The molecule has 0 fully saturated rings. The molecule has 0 amide bonds. The maximum Gasteiger partial charge on any atom is 0.127 e. The van der Waals surface area contributed by atoms with Crippen molar-refractivity contribution in [3.05, 3.63) is 60.2 Å². The van der Waals surface area contributed by atoms with Crippen molar-refractivity contribution in [1.29, 1.82) is 0 Å². The Hall–Kier alpha value is -2.29. The molecule has 0 saturated heterocycles. The molecule has 1 N–H and O–H groups in total. The van der Waals surface area contributed by atoms with E-state index in [0.29, 0.717) is 0 Å². The molecule has 1 unspecified atom stereocenters. The van der Waals surface area contributed by atoms with Crippen molar-refractivity contribution in [3.8, 4) is 11.5 Å². The number of hydrogen-bond donors (Lipinski definition) is 1. The Bertz CT molecular complexity index is 520. The summed E-state index contributed by atoms with van der Waals surface area (Å²) >= 11 is 0. The van der Waals surface area contributed by atoms with E-state index in [4.69, 9.17) is 9.94 Å². The second kappa shape index (κ2) is 6.59. The Kier molecular flexibility index (Phi) is 4.56. The molecule has 1 atom stereocenters. The minimum absolute atomic E-state index is 0.214. The van der Waals surface area contributed by atoms with Crippen molar-refractivity contribution in [3.63, 3.8) is 0 Å². The third-order valence-corrected chi connectivity index (χ3v) is 2.78. The van der Waals surface area contributed by atoms with Gasteiger partial charge in [-0.05, 0) is 42.2 Å². The molecule has 0 aromatic heterocycles. The lowest BCUT2D eigenvalue weighted by atomic mass is 10.0. The third kappa shape index (κ3) is 4.14. The molecule has 0 radical (unpaired) electrons. The molecule has 3 nitrogen and oxygen atoms in total. The van der Waals surface area contributed by atoms with Crippen molar-refractivity contribution >= 4 is 6.21 Å². The first-order chi connectivity index (χ1) is 9.28. The van der Waals surface area contributed by atoms with Gasteiger partial charge in [0.05, 0.1) is 0 Å². The van der Waals surface area contributed by atoms with E-state index in [1.54, 1.807) is 0 Å². The van der Waals surface area contributed by atoms with Crippen LogP contribution in [0.15, 0.2) is 59.8 Å². The normalized spacial score (nSPS) is 12.5. The third-order valence-electron chi connectivity index (χ3n) is 2.78. The zero-order chi connectivity index (χ0) is 13.5. The molecule has 2 rings (SSSR count). The average molecular weight is 255 g/mol. The van der Waals surface area contributed by atoms with Gasteiger partial charge in [0.25, 0.3) is 0 Å². The maximum absolute atomic E-state index is 8.47. The fourth-order valence-electron chi connectivity index (χ4n) is 1.86. The minimum Gasteiger partial charge on any atom is -0.457 e. The molecule has 19 heavy (non-hydrogen) atoms. The quantitative estimate of drug-likeness (QED) is 0.496. The smallest absolute Gasteiger partial charge is 0.127 e. The van der Waals surface area contributed by atoms with Gasteiger partial charge in [-0.3, -0.25) is 0 Å². The average Bonchev–Trinajstić information content (AvgIpc) is 2.42. The van der Waals surface area contributed by atoms with Gasteiger partial charge in [0.2, 0.25) is 0 Å². The molecule has 3 heteroatoms. The van der Waals surface area contributed by atoms with E-state index in [1.165, 1.54) is 11.8 Å². The van der Waals surface area contributed by atoms with E-state index >= 15 is 0 Å². The standard InChI is InChI=1S/C16H17NO2/c1-13(12-17-18)11-14-7-9-16(10-8-14)19-15-5-3-2-4-6-15/h2-10,12-13,18H,11H2,1H3. The summed E-state index contributed by atoms with van der Waals surface area (Å²) in [4.78, 5) is 0.